The number of ether oxygens (including phenoxy) is 2. The van der Waals surface area contributed by atoms with E-state index in [9.17, 15) is 4.79 Å². The van der Waals surface area contributed by atoms with Gasteiger partial charge in [-0.1, -0.05) is 13.8 Å². The van der Waals surface area contributed by atoms with E-state index in [1.807, 2.05) is 13.8 Å². The van der Waals surface area contributed by atoms with Gasteiger partial charge >= 0.3 is 5.97 Å². The minimum Gasteiger partial charge on any atom is -0.460 e. The van der Waals surface area contributed by atoms with Gasteiger partial charge in [-0.05, 0) is 0 Å². The molecule has 64 valence electrons. The van der Waals surface area contributed by atoms with E-state index >= 15 is 0 Å². The predicted octanol–water partition coefficient (Wildman–Crippen LogP) is 0.974. The van der Waals surface area contributed by atoms with Crippen LogP contribution in [0.2, 0.25) is 0 Å². The van der Waals surface area contributed by atoms with E-state index in [0.717, 1.165) is 13.0 Å². The maximum atomic E-state index is 11.0. The quantitative estimate of drug-likeness (QED) is 0.562. The standard InChI is InChI=1S/C8H14O3/c1-6(2)8(9)11-7-3-4-10-5-7/h6-7H,3-5H2,1-2H3. The molecule has 3 nitrogen and oxygen atoms in total. The fourth-order valence-corrected chi connectivity index (χ4v) is 0.906. The van der Waals surface area contributed by atoms with Crippen molar-refractivity contribution in [3.63, 3.8) is 0 Å². The van der Waals surface area contributed by atoms with Crippen molar-refractivity contribution in [1.82, 2.24) is 0 Å². The third-order valence-corrected chi connectivity index (χ3v) is 1.64. The van der Waals surface area contributed by atoms with Gasteiger partial charge in [-0.25, -0.2) is 0 Å². The zero-order chi connectivity index (χ0) is 8.27. The molecule has 11 heavy (non-hydrogen) atoms. The summed E-state index contributed by atoms with van der Waals surface area (Å²) >= 11 is 0. The Labute approximate surface area is 66.7 Å². The summed E-state index contributed by atoms with van der Waals surface area (Å²) in [6.07, 6.45) is 0.850. The largest absolute Gasteiger partial charge is 0.460 e. The molecule has 0 spiro atoms. The second-order valence-corrected chi connectivity index (χ2v) is 3.08. The van der Waals surface area contributed by atoms with Crippen molar-refractivity contribution in [2.24, 2.45) is 5.92 Å². The van der Waals surface area contributed by atoms with Crippen molar-refractivity contribution in [1.29, 1.82) is 0 Å². The third-order valence-electron chi connectivity index (χ3n) is 1.64. The molecular formula is C8H14O3. The van der Waals surface area contributed by atoms with Crippen LogP contribution in [0.1, 0.15) is 20.3 Å². The molecule has 1 unspecified atom stereocenters. The molecule has 1 rings (SSSR count). The van der Waals surface area contributed by atoms with E-state index in [4.69, 9.17) is 9.47 Å². The lowest BCUT2D eigenvalue weighted by atomic mass is 10.2. The first kappa shape index (κ1) is 8.53. The first-order valence-corrected chi connectivity index (χ1v) is 3.98. The number of hydrogen-bond acceptors (Lipinski definition) is 3. The van der Waals surface area contributed by atoms with Gasteiger partial charge in [-0.3, -0.25) is 4.79 Å². The van der Waals surface area contributed by atoms with Gasteiger partial charge in [0.05, 0.1) is 19.1 Å². The third kappa shape index (κ3) is 2.50. The lowest BCUT2D eigenvalue weighted by Gasteiger charge is -2.11. The lowest BCUT2D eigenvalue weighted by molar-refractivity contribution is -0.152. The molecule has 0 saturated carbocycles. The molecule has 3 heteroatoms. The minimum atomic E-state index is -0.125. The molecule has 1 fully saturated rings. The van der Waals surface area contributed by atoms with Gasteiger partial charge < -0.3 is 9.47 Å². The SMILES string of the molecule is CC(C)C(=O)OC1CCOC1. The van der Waals surface area contributed by atoms with E-state index in [2.05, 4.69) is 0 Å². The second kappa shape index (κ2) is 3.72. The van der Waals surface area contributed by atoms with Gasteiger partial charge in [-0.2, -0.15) is 0 Å². The first-order chi connectivity index (χ1) is 5.20. The molecule has 0 aromatic heterocycles. The molecule has 0 amide bonds. The van der Waals surface area contributed by atoms with Crippen LogP contribution in [0, 0.1) is 5.92 Å². The van der Waals surface area contributed by atoms with Gasteiger partial charge in [0.2, 0.25) is 0 Å². The van der Waals surface area contributed by atoms with Crippen molar-refractivity contribution in [3.8, 4) is 0 Å². The molecule has 0 radical (unpaired) electrons. The van der Waals surface area contributed by atoms with Gasteiger partial charge in [0.1, 0.15) is 6.10 Å². The van der Waals surface area contributed by atoms with Crippen LogP contribution >= 0.6 is 0 Å². The molecule has 1 heterocycles. The smallest absolute Gasteiger partial charge is 0.308 e. The van der Waals surface area contributed by atoms with Crippen LogP contribution < -0.4 is 0 Å². The summed E-state index contributed by atoms with van der Waals surface area (Å²) in [5, 5.41) is 0. The summed E-state index contributed by atoms with van der Waals surface area (Å²) in [6.45, 7) is 4.95. The molecule has 1 atom stereocenters. The van der Waals surface area contributed by atoms with E-state index in [1.54, 1.807) is 0 Å². The molecule has 0 aliphatic carbocycles. The zero-order valence-electron chi connectivity index (χ0n) is 7.00. The molecule has 1 saturated heterocycles. The fourth-order valence-electron chi connectivity index (χ4n) is 0.906. The Morgan fingerprint density at radius 3 is 2.82 bits per heavy atom. The van der Waals surface area contributed by atoms with Crippen molar-refractivity contribution in [3.05, 3.63) is 0 Å². The van der Waals surface area contributed by atoms with Gasteiger partial charge in [-0.15, -0.1) is 0 Å². The highest BCUT2D eigenvalue weighted by molar-refractivity contribution is 5.71. The first-order valence-electron chi connectivity index (χ1n) is 3.98. The Hall–Kier alpha value is -0.570. The molecule has 1 aliphatic heterocycles. The predicted molar refractivity (Wildman–Crippen MR) is 40.2 cm³/mol. The molecule has 0 aromatic rings. The van der Waals surface area contributed by atoms with E-state index in [0.29, 0.717) is 6.61 Å². The number of carbonyl (C=O) groups is 1. The fraction of sp³-hybridized carbons (Fsp3) is 0.875. The summed E-state index contributed by atoms with van der Waals surface area (Å²) < 4.78 is 10.2. The van der Waals surface area contributed by atoms with Gasteiger partial charge in [0, 0.05) is 6.42 Å². The Bertz CT molecular complexity index is 136. The number of carbonyl (C=O) groups excluding carboxylic acids is 1. The molecule has 0 aromatic carbocycles. The summed E-state index contributed by atoms with van der Waals surface area (Å²) in [5.74, 6) is -0.156. The van der Waals surface area contributed by atoms with Crippen LogP contribution in [0.5, 0.6) is 0 Å². The normalized spacial score (nSPS) is 24.1. The van der Waals surface area contributed by atoms with Crippen molar-refractivity contribution < 1.29 is 14.3 Å². The zero-order valence-corrected chi connectivity index (χ0v) is 7.00. The Balaban J connectivity index is 2.24. The van der Waals surface area contributed by atoms with Gasteiger partial charge in [0.25, 0.3) is 0 Å². The van der Waals surface area contributed by atoms with Crippen molar-refractivity contribution >= 4 is 5.97 Å². The highest BCUT2D eigenvalue weighted by atomic mass is 16.6. The van der Waals surface area contributed by atoms with E-state index in [1.165, 1.54) is 0 Å². The minimum absolute atomic E-state index is 0.00454. The van der Waals surface area contributed by atoms with E-state index in [-0.39, 0.29) is 18.0 Å². The number of esters is 1. The van der Waals surface area contributed by atoms with Crippen LogP contribution in [-0.4, -0.2) is 25.3 Å². The lowest BCUT2D eigenvalue weighted by Crippen LogP contribution is -2.21. The maximum absolute atomic E-state index is 11.0. The average Bonchev–Trinajstić information content (AvgIpc) is 2.39. The molecule has 0 N–H and O–H groups in total. The van der Waals surface area contributed by atoms with Crippen molar-refractivity contribution in [2.45, 2.75) is 26.4 Å². The average molecular weight is 158 g/mol. The highest BCUT2D eigenvalue weighted by Gasteiger charge is 2.20. The number of hydrogen-bond donors (Lipinski definition) is 0. The Kier molecular flexibility index (Phi) is 2.88. The molecular weight excluding hydrogens is 144 g/mol. The Morgan fingerprint density at radius 1 is 1.64 bits per heavy atom. The Morgan fingerprint density at radius 2 is 2.36 bits per heavy atom. The molecule has 1 aliphatic rings. The maximum Gasteiger partial charge on any atom is 0.308 e. The summed E-state index contributed by atoms with van der Waals surface area (Å²) in [6, 6.07) is 0. The summed E-state index contributed by atoms with van der Waals surface area (Å²) in [5.41, 5.74) is 0. The van der Waals surface area contributed by atoms with Crippen LogP contribution in [0.25, 0.3) is 0 Å². The van der Waals surface area contributed by atoms with E-state index < -0.39 is 0 Å². The van der Waals surface area contributed by atoms with Crippen LogP contribution in [0.4, 0.5) is 0 Å². The monoisotopic (exact) mass is 158 g/mol. The van der Waals surface area contributed by atoms with Gasteiger partial charge in [0.15, 0.2) is 0 Å². The second-order valence-electron chi connectivity index (χ2n) is 3.08. The van der Waals surface area contributed by atoms with Crippen molar-refractivity contribution in [2.75, 3.05) is 13.2 Å². The van der Waals surface area contributed by atoms with Crippen LogP contribution in [0.3, 0.4) is 0 Å². The number of rotatable bonds is 2. The van der Waals surface area contributed by atoms with Crippen LogP contribution in [0.15, 0.2) is 0 Å². The summed E-state index contributed by atoms with van der Waals surface area (Å²) in [4.78, 5) is 11.0. The molecule has 0 bridgehead atoms. The van der Waals surface area contributed by atoms with Crippen LogP contribution in [-0.2, 0) is 14.3 Å². The topological polar surface area (TPSA) is 35.5 Å². The highest BCUT2D eigenvalue weighted by Crippen LogP contribution is 2.10. The summed E-state index contributed by atoms with van der Waals surface area (Å²) in [7, 11) is 0.